The molecule has 112 valence electrons. The Hall–Kier alpha value is -2.78. The van der Waals surface area contributed by atoms with E-state index in [2.05, 4.69) is 12.1 Å². The highest BCUT2D eigenvalue weighted by Crippen LogP contribution is 2.45. The number of fused-ring (bicyclic) bond motifs is 1. The second kappa shape index (κ2) is 5.45. The van der Waals surface area contributed by atoms with Crippen LogP contribution in [0.5, 0.6) is 11.5 Å². The van der Waals surface area contributed by atoms with Crippen molar-refractivity contribution in [2.45, 2.75) is 0 Å². The third-order valence-electron chi connectivity index (χ3n) is 3.86. The first kappa shape index (κ1) is 13.9. The third kappa shape index (κ3) is 2.45. The number of hydrogen-bond donors (Lipinski definition) is 2. The van der Waals surface area contributed by atoms with Crippen LogP contribution in [-0.2, 0) is 0 Å². The lowest BCUT2D eigenvalue weighted by Crippen LogP contribution is -1.80. The van der Waals surface area contributed by atoms with Crippen LogP contribution in [0.1, 0.15) is 0 Å². The molecule has 0 aliphatic heterocycles. The molecule has 3 aromatic carbocycles. The molecule has 23 heavy (non-hydrogen) atoms. The van der Waals surface area contributed by atoms with E-state index in [0.717, 1.165) is 31.7 Å². The summed E-state index contributed by atoms with van der Waals surface area (Å²) in [7, 11) is 0. The lowest BCUT2D eigenvalue weighted by molar-refractivity contribution is 0.475. The van der Waals surface area contributed by atoms with E-state index in [-0.39, 0.29) is 11.5 Å². The Morgan fingerprint density at radius 2 is 1.35 bits per heavy atom. The first-order valence-corrected chi connectivity index (χ1v) is 8.14. The summed E-state index contributed by atoms with van der Waals surface area (Å²) in [5.74, 6) is 0.526. The molecule has 0 fully saturated rings. The van der Waals surface area contributed by atoms with E-state index >= 15 is 0 Å². The van der Waals surface area contributed by atoms with Gasteiger partial charge in [0.15, 0.2) is 0 Å². The van der Waals surface area contributed by atoms with Gasteiger partial charge in [0.1, 0.15) is 11.5 Å². The maximum Gasteiger partial charge on any atom is 0.116 e. The summed E-state index contributed by atoms with van der Waals surface area (Å²) < 4.78 is 1.13. The Bertz CT molecular complexity index is 970. The van der Waals surface area contributed by atoms with Gasteiger partial charge in [0.2, 0.25) is 0 Å². The van der Waals surface area contributed by atoms with Crippen molar-refractivity contribution in [3.05, 3.63) is 72.8 Å². The van der Waals surface area contributed by atoms with Crippen molar-refractivity contribution in [3.63, 3.8) is 0 Å². The second-order valence-corrected chi connectivity index (χ2v) is 6.45. The van der Waals surface area contributed by atoms with Crippen LogP contribution in [0.3, 0.4) is 0 Å². The molecule has 0 spiro atoms. The molecule has 4 rings (SSSR count). The number of benzene rings is 3. The van der Waals surface area contributed by atoms with E-state index < -0.39 is 0 Å². The van der Waals surface area contributed by atoms with Crippen LogP contribution in [0.4, 0.5) is 0 Å². The molecule has 4 aromatic rings. The molecule has 0 atom stereocenters. The van der Waals surface area contributed by atoms with Gasteiger partial charge in [0.25, 0.3) is 0 Å². The lowest BCUT2D eigenvalue weighted by Gasteiger charge is -2.06. The van der Waals surface area contributed by atoms with Crippen LogP contribution in [0.25, 0.3) is 31.7 Å². The minimum Gasteiger partial charge on any atom is -0.508 e. The van der Waals surface area contributed by atoms with Crippen molar-refractivity contribution < 1.29 is 10.2 Å². The molecule has 0 saturated heterocycles. The molecule has 3 heteroatoms. The average molecular weight is 318 g/mol. The summed E-state index contributed by atoms with van der Waals surface area (Å²) in [6.45, 7) is 0. The lowest BCUT2D eigenvalue weighted by atomic mass is 9.99. The highest BCUT2D eigenvalue weighted by atomic mass is 32.1. The standard InChI is InChI=1S/C20H14O2S/c21-15-8-6-14(7-9-15)20-19(13-4-2-1-3-5-13)17-12-16(22)10-11-18(17)23-20/h1-12,21-22H. The Balaban J connectivity index is 2.05. The number of phenolic OH excluding ortho intramolecular Hbond substituents is 2. The fourth-order valence-corrected chi connectivity index (χ4v) is 4.00. The van der Waals surface area contributed by atoms with Crippen LogP contribution in [0, 0.1) is 0 Å². The molecular weight excluding hydrogens is 304 g/mol. The van der Waals surface area contributed by atoms with Gasteiger partial charge in [-0.15, -0.1) is 11.3 Å². The molecule has 0 unspecified atom stereocenters. The minimum atomic E-state index is 0.258. The zero-order valence-electron chi connectivity index (χ0n) is 12.2. The molecule has 1 heterocycles. The summed E-state index contributed by atoms with van der Waals surface area (Å²) in [6.07, 6.45) is 0. The fraction of sp³-hybridized carbons (Fsp3) is 0. The van der Waals surface area contributed by atoms with Crippen LogP contribution < -0.4 is 0 Å². The number of hydrogen-bond acceptors (Lipinski definition) is 3. The second-order valence-electron chi connectivity index (χ2n) is 5.40. The Morgan fingerprint density at radius 1 is 0.652 bits per heavy atom. The van der Waals surface area contributed by atoms with Gasteiger partial charge in [0, 0.05) is 20.5 Å². The van der Waals surface area contributed by atoms with E-state index in [0.29, 0.717) is 0 Å². The molecule has 0 radical (unpaired) electrons. The molecular formula is C20H14O2S. The minimum absolute atomic E-state index is 0.258. The van der Waals surface area contributed by atoms with Crippen LogP contribution in [0.2, 0.25) is 0 Å². The fourth-order valence-electron chi connectivity index (χ4n) is 2.79. The topological polar surface area (TPSA) is 40.5 Å². The summed E-state index contributed by atoms with van der Waals surface area (Å²) in [4.78, 5) is 1.14. The highest BCUT2D eigenvalue weighted by Gasteiger charge is 2.16. The molecule has 0 amide bonds. The number of thiophene rings is 1. The monoisotopic (exact) mass is 318 g/mol. The van der Waals surface area contributed by atoms with Crippen LogP contribution in [0.15, 0.2) is 72.8 Å². The zero-order chi connectivity index (χ0) is 15.8. The first-order chi connectivity index (χ1) is 11.2. The van der Waals surface area contributed by atoms with Crippen LogP contribution in [-0.4, -0.2) is 10.2 Å². The van der Waals surface area contributed by atoms with Crippen LogP contribution >= 0.6 is 11.3 Å². The van der Waals surface area contributed by atoms with E-state index in [9.17, 15) is 10.2 Å². The van der Waals surface area contributed by atoms with Gasteiger partial charge in [-0.1, -0.05) is 30.3 Å². The number of aromatic hydroxyl groups is 2. The smallest absolute Gasteiger partial charge is 0.116 e. The summed E-state index contributed by atoms with van der Waals surface area (Å²) >= 11 is 1.69. The Labute approximate surface area is 137 Å². The molecule has 2 N–H and O–H groups in total. The first-order valence-electron chi connectivity index (χ1n) is 7.33. The van der Waals surface area contributed by atoms with Gasteiger partial charge in [-0.3, -0.25) is 0 Å². The van der Waals surface area contributed by atoms with Crippen molar-refractivity contribution >= 4 is 21.4 Å². The number of phenols is 2. The predicted molar refractivity (Wildman–Crippen MR) is 96.0 cm³/mol. The molecule has 2 nitrogen and oxygen atoms in total. The van der Waals surface area contributed by atoms with Crippen molar-refractivity contribution in [1.29, 1.82) is 0 Å². The van der Waals surface area contributed by atoms with Crippen molar-refractivity contribution in [1.82, 2.24) is 0 Å². The van der Waals surface area contributed by atoms with Gasteiger partial charge in [-0.05, 0) is 53.6 Å². The molecule has 0 bridgehead atoms. The van der Waals surface area contributed by atoms with Crippen molar-refractivity contribution in [2.24, 2.45) is 0 Å². The third-order valence-corrected chi connectivity index (χ3v) is 5.08. The molecule has 0 aliphatic rings. The quantitative estimate of drug-likeness (QED) is 0.501. The van der Waals surface area contributed by atoms with E-state index in [1.54, 1.807) is 29.5 Å². The van der Waals surface area contributed by atoms with Gasteiger partial charge < -0.3 is 10.2 Å². The Morgan fingerprint density at radius 3 is 2.09 bits per heavy atom. The molecule has 1 aromatic heterocycles. The SMILES string of the molecule is Oc1ccc(-c2sc3ccc(O)cc3c2-c2ccccc2)cc1. The van der Waals surface area contributed by atoms with Gasteiger partial charge in [-0.25, -0.2) is 0 Å². The van der Waals surface area contributed by atoms with E-state index in [1.807, 2.05) is 42.5 Å². The van der Waals surface area contributed by atoms with Gasteiger partial charge in [-0.2, -0.15) is 0 Å². The largest absolute Gasteiger partial charge is 0.508 e. The van der Waals surface area contributed by atoms with Crippen molar-refractivity contribution in [3.8, 4) is 33.1 Å². The van der Waals surface area contributed by atoms with Gasteiger partial charge in [0.05, 0.1) is 0 Å². The zero-order valence-corrected chi connectivity index (χ0v) is 13.0. The maximum atomic E-state index is 9.89. The highest BCUT2D eigenvalue weighted by molar-refractivity contribution is 7.23. The van der Waals surface area contributed by atoms with Crippen molar-refractivity contribution in [2.75, 3.05) is 0 Å². The normalized spacial score (nSPS) is 11.0. The molecule has 0 saturated carbocycles. The Kier molecular flexibility index (Phi) is 3.28. The summed E-state index contributed by atoms with van der Waals surface area (Å²) in [5.41, 5.74) is 3.29. The van der Waals surface area contributed by atoms with Gasteiger partial charge >= 0.3 is 0 Å². The number of rotatable bonds is 2. The molecule has 0 aliphatic carbocycles. The summed E-state index contributed by atoms with van der Waals surface area (Å²) in [5, 5.41) is 20.5. The predicted octanol–water partition coefficient (Wildman–Crippen LogP) is 5.65. The van der Waals surface area contributed by atoms with E-state index in [1.165, 1.54) is 0 Å². The summed E-state index contributed by atoms with van der Waals surface area (Å²) in [6, 6.07) is 22.9. The van der Waals surface area contributed by atoms with E-state index in [4.69, 9.17) is 0 Å². The maximum absolute atomic E-state index is 9.89. The average Bonchev–Trinajstić information content (AvgIpc) is 2.95.